The quantitative estimate of drug-likeness (QED) is 0.874. The monoisotopic (exact) mass is 307 g/mol. The third-order valence-corrected chi connectivity index (χ3v) is 3.59. The summed E-state index contributed by atoms with van der Waals surface area (Å²) >= 11 is 3.44. The molecule has 4 nitrogen and oxygen atoms in total. The zero-order chi connectivity index (χ0) is 12.4. The number of likely N-dealkylation sites (tertiary alicyclic amines) is 1. The normalized spacial score (nSPS) is 16.3. The number of aromatic nitrogens is 2. The van der Waals surface area contributed by atoms with E-state index in [0.717, 1.165) is 29.7 Å². The van der Waals surface area contributed by atoms with Crippen LogP contribution in [0.4, 0.5) is 0 Å². The minimum Gasteiger partial charge on any atom is -0.419 e. The average Bonchev–Trinajstić information content (AvgIpc) is 3.01. The van der Waals surface area contributed by atoms with E-state index < -0.39 is 0 Å². The minimum atomic E-state index is 0.588. The van der Waals surface area contributed by atoms with Crippen molar-refractivity contribution in [3.05, 3.63) is 34.6 Å². The van der Waals surface area contributed by atoms with E-state index in [1.807, 2.05) is 24.3 Å². The minimum absolute atomic E-state index is 0.588. The fourth-order valence-electron chi connectivity index (χ4n) is 2.19. The lowest BCUT2D eigenvalue weighted by atomic mass is 10.2. The van der Waals surface area contributed by atoms with Crippen LogP contribution in [0.15, 0.2) is 33.2 Å². The van der Waals surface area contributed by atoms with Crippen molar-refractivity contribution in [3.8, 4) is 11.5 Å². The topological polar surface area (TPSA) is 42.2 Å². The van der Waals surface area contributed by atoms with Crippen molar-refractivity contribution in [2.75, 3.05) is 13.1 Å². The molecule has 0 atom stereocenters. The van der Waals surface area contributed by atoms with Crippen molar-refractivity contribution in [2.45, 2.75) is 19.4 Å². The van der Waals surface area contributed by atoms with E-state index >= 15 is 0 Å². The Kier molecular flexibility index (Phi) is 3.43. The maximum Gasteiger partial charge on any atom is 0.247 e. The van der Waals surface area contributed by atoms with Crippen LogP contribution in [-0.4, -0.2) is 28.2 Å². The van der Waals surface area contributed by atoms with Crippen molar-refractivity contribution in [3.63, 3.8) is 0 Å². The van der Waals surface area contributed by atoms with Gasteiger partial charge in [0.2, 0.25) is 11.8 Å². The molecule has 3 rings (SSSR count). The number of benzene rings is 1. The van der Waals surface area contributed by atoms with E-state index in [2.05, 4.69) is 31.0 Å². The molecule has 1 aromatic carbocycles. The van der Waals surface area contributed by atoms with E-state index in [4.69, 9.17) is 4.42 Å². The summed E-state index contributed by atoms with van der Waals surface area (Å²) in [7, 11) is 0. The zero-order valence-corrected chi connectivity index (χ0v) is 11.6. The lowest BCUT2D eigenvalue weighted by molar-refractivity contribution is 0.292. The molecule has 1 aromatic heterocycles. The van der Waals surface area contributed by atoms with Gasteiger partial charge in [0, 0.05) is 10.0 Å². The van der Waals surface area contributed by atoms with Crippen molar-refractivity contribution in [1.29, 1.82) is 0 Å². The molecule has 1 saturated heterocycles. The molecule has 0 saturated carbocycles. The molecule has 2 aromatic rings. The molecule has 94 valence electrons. The summed E-state index contributed by atoms with van der Waals surface area (Å²) in [6.07, 6.45) is 2.54. The largest absolute Gasteiger partial charge is 0.419 e. The van der Waals surface area contributed by atoms with Crippen LogP contribution in [0.5, 0.6) is 0 Å². The molecule has 0 amide bonds. The van der Waals surface area contributed by atoms with Gasteiger partial charge in [-0.3, -0.25) is 4.90 Å². The van der Waals surface area contributed by atoms with E-state index in [-0.39, 0.29) is 0 Å². The summed E-state index contributed by atoms with van der Waals surface area (Å²) < 4.78 is 6.72. The first-order valence-corrected chi connectivity index (χ1v) is 6.91. The Morgan fingerprint density at radius 2 is 2.06 bits per heavy atom. The predicted molar refractivity (Wildman–Crippen MR) is 71.9 cm³/mol. The fourth-order valence-corrected chi connectivity index (χ4v) is 2.59. The molecule has 5 heteroatoms. The first-order chi connectivity index (χ1) is 8.81. The van der Waals surface area contributed by atoms with Crippen LogP contribution >= 0.6 is 15.9 Å². The second-order valence-corrected chi connectivity index (χ2v) is 5.41. The third kappa shape index (κ3) is 2.62. The average molecular weight is 308 g/mol. The molecule has 0 unspecified atom stereocenters. The van der Waals surface area contributed by atoms with E-state index in [9.17, 15) is 0 Å². The summed E-state index contributed by atoms with van der Waals surface area (Å²) in [5.74, 6) is 1.29. The summed E-state index contributed by atoms with van der Waals surface area (Å²) in [5.41, 5.74) is 0.949. The zero-order valence-electron chi connectivity index (χ0n) is 9.97. The highest BCUT2D eigenvalue weighted by atomic mass is 79.9. The fraction of sp³-hybridized carbons (Fsp3) is 0.385. The predicted octanol–water partition coefficient (Wildman–Crippen LogP) is 3.09. The molecule has 0 radical (unpaired) electrons. The number of rotatable bonds is 3. The van der Waals surface area contributed by atoms with Gasteiger partial charge in [-0.25, -0.2) is 0 Å². The van der Waals surface area contributed by atoms with Gasteiger partial charge in [-0.1, -0.05) is 22.0 Å². The molecule has 1 fully saturated rings. The van der Waals surface area contributed by atoms with Gasteiger partial charge in [0.15, 0.2) is 0 Å². The highest BCUT2D eigenvalue weighted by molar-refractivity contribution is 9.10. The third-order valence-electron chi connectivity index (χ3n) is 3.10. The Labute approximate surface area is 114 Å². The van der Waals surface area contributed by atoms with Crippen molar-refractivity contribution in [2.24, 2.45) is 0 Å². The van der Waals surface area contributed by atoms with Crippen LogP contribution in [0, 0.1) is 0 Å². The number of hydrogen-bond donors (Lipinski definition) is 0. The molecule has 2 heterocycles. The lowest BCUT2D eigenvalue weighted by Gasteiger charge is -2.10. The highest BCUT2D eigenvalue weighted by Gasteiger charge is 2.16. The van der Waals surface area contributed by atoms with E-state index in [1.165, 1.54) is 12.8 Å². The SMILES string of the molecule is Brc1cccc(-c2nnc(CN3CCCC3)o2)c1. The molecule has 0 spiro atoms. The second kappa shape index (κ2) is 5.20. The Morgan fingerprint density at radius 3 is 2.83 bits per heavy atom. The van der Waals surface area contributed by atoms with Crippen LogP contribution in [-0.2, 0) is 6.54 Å². The second-order valence-electron chi connectivity index (χ2n) is 4.49. The molecule has 0 N–H and O–H groups in total. The van der Waals surface area contributed by atoms with E-state index in [1.54, 1.807) is 0 Å². The molecular weight excluding hydrogens is 294 g/mol. The van der Waals surface area contributed by atoms with Gasteiger partial charge < -0.3 is 4.42 Å². The Hall–Kier alpha value is -1.20. The molecular formula is C13H14BrN3O. The molecule has 1 aliphatic heterocycles. The summed E-state index contributed by atoms with van der Waals surface area (Å²) in [5, 5.41) is 8.22. The lowest BCUT2D eigenvalue weighted by Crippen LogP contribution is -2.18. The molecule has 0 bridgehead atoms. The van der Waals surface area contributed by atoms with Gasteiger partial charge in [-0.05, 0) is 44.1 Å². The van der Waals surface area contributed by atoms with E-state index in [0.29, 0.717) is 11.8 Å². The van der Waals surface area contributed by atoms with Gasteiger partial charge in [0.1, 0.15) is 0 Å². The maximum absolute atomic E-state index is 5.70. The summed E-state index contributed by atoms with van der Waals surface area (Å²) in [6, 6.07) is 7.89. The maximum atomic E-state index is 5.70. The van der Waals surface area contributed by atoms with Gasteiger partial charge >= 0.3 is 0 Å². The molecule has 1 aliphatic rings. The molecule has 18 heavy (non-hydrogen) atoms. The number of nitrogens with zero attached hydrogens (tertiary/aromatic N) is 3. The van der Waals surface area contributed by atoms with Crippen LogP contribution in [0.1, 0.15) is 18.7 Å². The van der Waals surface area contributed by atoms with Gasteiger partial charge in [0.25, 0.3) is 0 Å². The van der Waals surface area contributed by atoms with Gasteiger partial charge in [-0.2, -0.15) is 0 Å². The van der Waals surface area contributed by atoms with Crippen LogP contribution in [0.3, 0.4) is 0 Å². The number of hydrogen-bond acceptors (Lipinski definition) is 4. The first kappa shape index (κ1) is 11.9. The Balaban J connectivity index is 1.76. The Morgan fingerprint density at radius 1 is 1.22 bits per heavy atom. The van der Waals surface area contributed by atoms with Crippen molar-refractivity contribution in [1.82, 2.24) is 15.1 Å². The standard InChI is InChI=1S/C13H14BrN3O/c14-11-5-3-4-10(8-11)13-16-15-12(18-13)9-17-6-1-2-7-17/h3-5,8H,1-2,6-7,9H2. The van der Waals surface area contributed by atoms with Crippen LogP contribution < -0.4 is 0 Å². The van der Waals surface area contributed by atoms with Crippen LogP contribution in [0.25, 0.3) is 11.5 Å². The van der Waals surface area contributed by atoms with Gasteiger partial charge in [-0.15, -0.1) is 10.2 Å². The summed E-state index contributed by atoms with van der Waals surface area (Å²) in [6.45, 7) is 3.03. The number of halogens is 1. The highest BCUT2D eigenvalue weighted by Crippen LogP contribution is 2.22. The molecule has 0 aliphatic carbocycles. The van der Waals surface area contributed by atoms with Gasteiger partial charge in [0.05, 0.1) is 6.54 Å². The van der Waals surface area contributed by atoms with Crippen LogP contribution in [0.2, 0.25) is 0 Å². The Bertz CT molecular complexity index is 535. The first-order valence-electron chi connectivity index (χ1n) is 6.12. The van der Waals surface area contributed by atoms with Crippen molar-refractivity contribution >= 4 is 15.9 Å². The summed E-state index contributed by atoms with van der Waals surface area (Å²) in [4.78, 5) is 2.35. The smallest absolute Gasteiger partial charge is 0.247 e. The van der Waals surface area contributed by atoms with Crippen molar-refractivity contribution < 1.29 is 4.42 Å².